The molecular weight excluding hydrogens is 364 g/mol. The highest BCUT2D eigenvalue weighted by Gasteiger charge is 2.47. The van der Waals surface area contributed by atoms with Gasteiger partial charge in [-0.15, -0.1) is 0 Å². The number of nitrogens with zero attached hydrogens (tertiary/aromatic N) is 3. The maximum atomic E-state index is 13.5. The molecule has 2 aromatic rings. The number of aromatic nitrogens is 1. The molecule has 1 unspecified atom stereocenters. The second-order valence-corrected chi connectivity index (χ2v) is 9.02. The van der Waals surface area contributed by atoms with E-state index in [0.29, 0.717) is 18.8 Å². The molecule has 1 N–H and O–H groups in total. The second kappa shape index (κ2) is 7.82. The van der Waals surface area contributed by atoms with Crippen molar-refractivity contribution in [3.63, 3.8) is 0 Å². The van der Waals surface area contributed by atoms with Crippen LogP contribution in [0.2, 0.25) is 0 Å². The molecule has 1 aliphatic heterocycles. The maximum Gasteiger partial charge on any atom is 0.271 e. The molecular formula is C23H32N4O2. The number of hydrogen-bond donors (Lipinski definition) is 1. The smallest absolute Gasteiger partial charge is 0.271 e. The molecule has 2 aliphatic rings. The van der Waals surface area contributed by atoms with Gasteiger partial charge in [0, 0.05) is 30.0 Å². The molecule has 6 heteroatoms. The number of hydrogen-bond acceptors (Lipinski definition) is 3. The summed E-state index contributed by atoms with van der Waals surface area (Å²) in [7, 11) is 3.98. The van der Waals surface area contributed by atoms with Crippen molar-refractivity contribution >= 4 is 22.7 Å². The fraction of sp³-hybridized carbons (Fsp3) is 0.565. The monoisotopic (exact) mass is 396 g/mol. The van der Waals surface area contributed by atoms with Crippen LogP contribution in [0.15, 0.2) is 30.3 Å². The van der Waals surface area contributed by atoms with Gasteiger partial charge < -0.3 is 19.7 Å². The van der Waals surface area contributed by atoms with Gasteiger partial charge in [-0.05, 0) is 46.0 Å². The Hall–Kier alpha value is -2.34. The van der Waals surface area contributed by atoms with Gasteiger partial charge in [0.25, 0.3) is 5.91 Å². The number of para-hydroxylation sites is 1. The number of benzene rings is 1. The minimum atomic E-state index is -0.903. The minimum Gasteiger partial charge on any atom is -0.351 e. The van der Waals surface area contributed by atoms with Gasteiger partial charge >= 0.3 is 0 Å². The summed E-state index contributed by atoms with van der Waals surface area (Å²) in [6, 6.07) is 10.2. The lowest BCUT2D eigenvalue weighted by molar-refractivity contribution is -0.133. The first kappa shape index (κ1) is 20.0. The molecule has 0 radical (unpaired) electrons. The Morgan fingerprint density at radius 1 is 1.21 bits per heavy atom. The first-order valence-corrected chi connectivity index (χ1v) is 10.8. The van der Waals surface area contributed by atoms with Gasteiger partial charge in [0.1, 0.15) is 11.2 Å². The molecule has 1 saturated carbocycles. The summed E-state index contributed by atoms with van der Waals surface area (Å²) in [5.41, 5.74) is 0.784. The second-order valence-electron chi connectivity index (χ2n) is 9.02. The first-order valence-electron chi connectivity index (χ1n) is 10.8. The molecule has 1 atom stereocenters. The summed E-state index contributed by atoms with van der Waals surface area (Å²) in [6.45, 7) is 3.66. The lowest BCUT2D eigenvalue weighted by atomic mass is 9.91. The number of likely N-dealkylation sites (N-methyl/N-ethyl adjacent to an activating group) is 1. The molecule has 0 saturated heterocycles. The zero-order valence-electron chi connectivity index (χ0n) is 17.8. The van der Waals surface area contributed by atoms with Crippen molar-refractivity contribution in [1.82, 2.24) is 19.7 Å². The van der Waals surface area contributed by atoms with Crippen LogP contribution in [-0.2, 0) is 11.3 Å². The van der Waals surface area contributed by atoms with E-state index in [0.717, 1.165) is 43.1 Å². The fourth-order valence-electron chi connectivity index (χ4n) is 4.74. The molecule has 2 amide bonds. The zero-order valence-corrected chi connectivity index (χ0v) is 17.8. The molecule has 29 heavy (non-hydrogen) atoms. The third kappa shape index (κ3) is 3.66. The van der Waals surface area contributed by atoms with E-state index in [1.165, 1.54) is 6.42 Å². The van der Waals surface area contributed by atoms with Crippen molar-refractivity contribution in [1.29, 1.82) is 0 Å². The van der Waals surface area contributed by atoms with Crippen LogP contribution in [-0.4, -0.2) is 64.9 Å². The van der Waals surface area contributed by atoms with E-state index >= 15 is 0 Å². The van der Waals surface area contributed by atoms with E-state index in [2.05, 4.69) is 10.2 Å². The standard InChI is InChI=1S/C23H32N4O2/c1-23(22(29)24-18-10-5-4-6-11-18)16-26-19-12-8-7-9-17(19)15-20(26)21(28)27(23)14-13-25(2)3/h7-9,12,15,18H,4-6,10-11,13-14,16H2,1-3H3,(H,24,29). The summed E-state index contributed by atoms with van der Waals surface area (Å²) in [4.78, 5) is 30.9. The third-order valence-corrected chi connectivity index (χ3v) is 6.54. The first-order chi connectivity index (χ1) is 13.9. The number of carbonyl (C=O) groups excluding carboxylic acids is 2. The Morgan fingerprint density at radius 3 is 2.66 bits per heavy atom. The number of rotatable bonds is 5. The van der Waals surface area contributed by atoms with Crippen molar-refractivity contribution < 1.29 is 9.59 Å². The van der Waals surface area contributed by atoms with Crippen molar-refractivity contribution in [2.75, 3.05) is 27.2 Å². The van der Waals surface area contributed by atoms with Gasteiger partial charge in [-0.1, -0.05) is 37.5 Å². The van der Waals surface area contributed by atoms with E-state index in [1.807, 2.05) is 55.9 Å². The predicted molar refractivity (Wildman–Crippen MR) is 115 cm³/mol. The molecule has 2 heterocycles. The Morgan fingerprint density at radius 2 is 1.93 bits per heavy atom. The van der Waals surface area contributed by atoms with Crippen molar-refractivity contribution in [3.05, 3.63) is 36.0 Å². The van der Waals surface area contributed by atoms with E-state index < -0.39 is 5.54 Å². The lowest BCUT2D eigenvalue weighted by Crippen LogP contribution is -2.65. The highest BCUT2D eigenvalue weighted by atomic mass is 16.2. The molecule has 156 valence electrons. The van der Waals surface area contributed by atoms with Crippen molar-refractivity contribution in [2.45, 2.75) is 57.2 Å². The Bertz CT molecular complexity index is 913. The zero-order chi connectivity index (χ0) is 20.6. The van der Waals surface area contributed by atoms with Crippen LogP contribution < -0.4 is 5.32 Å². The van der Waals surface area contributed by atoms with E-state index in [9.17, 15) is 9.59 Å². The SMILES string of the molecule is CN(C)CCN1C(=O)c2cc3ccccc3n2CC1(C)C(=O)NC1CCCCC1. The summed E-state index contributed by atoms with van der Waals surface area (Å²) >= 11 is 0. The van der Waals surface area contributed by atoms with Crippen LogP contribution >= 0.6 is 0 Å². The number of nitrogens with one attached hydrogen (secondary N) is 1. The number of amides is 2. The average Bonchev–Trinajstić information content (AvgIpc) is 3.07. The van der Waals surface area contributed by atoms with Crippen LogP contribution in [0.25, 0.3) is 10.9 Å². The molecule has 0 spiro atoms. The largest absolute Gasteiger partial charge is 0.351 e. The van der Waals surface area contributed by atoms with Gasteiger partial charge in [0.2, 0.25) is 5.91 Å². The molecule has 4 rings (SSSR count). The van der Waals surface area contributed by atoms with Gasteiger partial charge in [0.15, 0.2) is 0 Å². The van der Waals surface area contributed by atoms with Gasteiger partial charge in [-0.25, -0.2) is 0 Å². The fourth-order valence-corrected chi connectivity index (χ4v) is 4.74. The Kier molecular flexibility index (Phi) is 5.38. The molecule has 1 aliphatic carbocycles. The van der Waals surface area contributed by atoms with Crippen LogP contribution in [0.1, 0.15) is 49.5 Å². The maximum absolute atomic E-state index is 13.5. The topological polar surface area (TPSA) is 57.6 Å². The Labute approximate surface area is 172 Å². The summed E-state index contributed by atoms with van der Waals surface area (Å²) in [5.74, 6) is -0.0875. The van der Waals surface area contributed by atoms with Crippen LogP contribution in [0.5, 0.6) is 0 Å². The van der Waals surface area contributed by atoms with Crippen molar-refractivity contribution in [3.8, 4) is 0 Å². The molecule has 1 aromatic heterocycles. The Balaban J connectivity index is 1.70. The van der Waals surface area contributed by atoms with Crippen LogP contribution in [0.4, 0.5) is 0 Å². The minimum absolute atomic E-state index is 0.0278. The highest BCUT2D eigenvalue weighted by Crippen LogP contribution is 2.32. The average molecular weight is 397 g/mol. The normalized spacial score (nSPS) is 22.9. The number of fused-ring (bicyclic) bond motifs is 3. The molecule has 6 nitrogen and oxygen atoms in total. The van der Waals surface area contributed by atoms with Gasteiger partial charge in [-0.3, -0.25) is 9.59 Å². The summed E-state index contributed by atoms with van der Waals surface area (Å²) < 4.78 is 2.03. The quantitative estimate of drug-likeness (QED) is 0.846. The third-order valence-electron chi connectivity index (χ3n) is 6.54. The summed E-state index contributed by atoms with van der Waals surface area (Å²) in [5, 5.41) is 4.32. The van der Waals surface area contributed by atoms with Crippen LogP contribution in [0, 0.1) is 0 Å². The van der Waals surface area contributed by atoms with E-state index in [1.54, 1.807) is 4.90 Å². The van der Waals surface area contributed by atoms with Crippen LogP contribution in [0.3, 0.4) is 0 Å². The summed E-state index contributed by atoms with van der Waals surface area (Å²) in [6.07, 6.45) is 5.64. The van der Waals surface area contributed by atoms with Gasteiger partial charge in [-0.2, -0.15) is 0 Å². The molecule has 1 fully saturated rings. The van der Waals surface area contributed by atoms with E-state index in [4.69, 9.17) is 0 Å². The highest BCUT2D eigenvalue weighted by molar-refractivity contribution is 6.03. The molecule has 0 bridgehead atoms. The van der Waals surface area contributed by atoms with Gasteiger partial charge in [0.05, 0.1) is 6.54 Å². The van der Waals surface area contributed by atoms with Crippen molar-refractivity contribution in [2.24, 2.45) is 0 Å². The predicted octanol–water partition coefficient (Wildman–Crippen LogP) is 2.87. The lowest BCUT2D eigenvalue weighted by Gasteiger charge is -2.45. The van der Waals surface area contributed by atoms with E-state index in [-0.39, 0.29) is 17.9 Å². The molecule has 1 aromatic carbocycles. The number of carbonyl (C=O) groups is 2.